The van der Waals surface area contributed by atoms with Gasteiger partial charge in [-0.1, -0.05) is 52.3 Å². The maximum atomic E-state index is 12.1. The summed E-state index contributed by atoms with van der Waals surface area (Å²) in [4.78, 5) is 12.1. The molecule has 0 saturated heterocycles. The molecular weight excluding hydrogens is 377 g/mol. The van der Waals surface area contributed by atoms with Crippen LogP contribution in [0.2, 0.25) is 0 Å². The van der Waals surface area contributed by atoms with Gasteiger partial charge in [-0.05, 0) is 18.2 Å². The molecule has 0 unspecified atom stereocenters. The summed E-state index contributed by atoms with van der Waals surface area (Å²) in [6, 6.07) is 16.2. The number of carbonyl (C=O) groups excluding carboxylic acids is 1. The van der Waals surface area contributed by atoms with Crippen LogP contribution < -0.4 is 5.32 Å². The molecule has 0 aliphatic heterocycles. The third-order valence-corrected chi connectivity index (χ3v) is 4.16. The average molecular weight is 394 g/mol. The molecule has 0 spiro atoms. The number of hydrogen-bond donors (Lipinski definition) is 1. The van der Waals surface area contributed by atoms with Gasteiger partial charge in [0.2, 0.25) is 7.37 Å². The standard InChI is InChI=1S/C17H17BrNO3P/c1-23(2,21)22-16(14-10-6-7-11-15(14)18)12-19-17(20)13-8-4-3-5-9-13/h3-12H,1-2H3,(H,19,20). The molecule has 0 saturated carbocycles. The summed E-state index contributed by atoms with van der Waals surface area (Å²) >= 11 is 3.43. The maximum absolute atomic E-state index is 12.1. The van der Waals surface area contributed by atoms with E-state index in [1.165, 1.54) is 19.5 Å². The van der Waals surface area contributed by atoms with Gasteiger partial charge in [0.05, 0.1) is 0 Å². The summed E-state index contributed by atoms with van der Waals surface area (Å²) < 4.78 is 18.4. The highest BCUT2D eigenvalue weighted by molar-refractivity contribution is 9.10. The Labute approximate surface area is 144 Å². The normalized spacial score (nSPS) is 11.9. The lowest BCUT2D eigenvalue weighted by atomic mass is 10.2. The molecule has 0 atom stereocenters. The first-order valence-electron chi connectivity index (χ1n) is 6.92. The molecule has 1 amide bonds. The van der Waals surface area contributed by atoms with E-state index in [4.69, 9.17) is 4.52 Å². The van der Waals surface area contributed by atoms with E-state index in [0.29, 0.717) is 16.9 Å². The van der Waals surface area contributed by atoms with E-state index in [0.717, 1.165) is 4.47 Å². The first kappa shape index (κ1) is 17.5. The van der Waals surface area contributed by atoms with Crippen LogP contribution in [-0.4, -0.2) is 19.2 Å². The van der Waals surface area contributed by atoms with Crippen LogP contribution >= 0.6 is 23.3 Å². The monoisotopic (exact) mass is 393 g/mol. The van der Waals surface area contributed by atoms with E-state index in [2.05, 4.69) is 21.2 Å². The Morgan fingerprint density at radius 2 is 1.70 bits per heavy atom. The van der Waals surface area contributed by atoms with Gasteiger partial charge in [0.25, 0.3) is 5.91 Å². The zero-order valence-corrected chi connectivity index (χ0v) is 15.3. The quantitative estimate of drug-likeness (QED) is 0.589. The molecule has 2 rings (SSSR count). The number of hydrogen-bond acceptors (Lipinski definition) is 3. The van der Waals surface area contributed by atoms with Gasteiger partial charge in [0, 0.05) is 35.1 Å². The smallest absolute Gasteiger partial charge is 0.255 e. The minimum absolute atomic E-state index is 0.263. The minimum atomic E-state index is -2.78. The fourth-order valence-corrected chi connectivity index (χ4v) is 2.96. The van der Waals surface area contributed by atoms with Crippen LogP contribution in [0.25, 0.3) is 5.76 Å². The van der Waals surface area contributed by atoms with Crippen LogP contribution in [-0.2, 0) is 9.09 Å². The van der Waals surface area contributed by atoms with Crippen molar-refractivity contribution in [3.8, 4) is 0 Å². The highest BCUT2D eigenvalue weighted by Crippen LogP contribution is 2.43. The van der Waals surface area contributed by atoms with Crippen LogP contribution in [0, 0.1) is 0 Å². The highest BCUT2D eigenvalue weighted by Gasteiger charge is 2.16. The highest BCUT2D eigenvalue weighted by atomic mass is 79.9. The molecule has 1 N–H and O–H groups in total. The van der Waals surface area contributed by atoms with Gasteiger partial charge >= 0.3 is 0 Å². The van der Waals surface area contributed by atoms with Crippen molar-refractivity contribution in [1.82, 2.24) is 5.32 Å². The molecule has 4 nitrogen and oxygen atoms in total. The summed E-state index contributed by atoms with van der Waals surface area (Å²) in [6.45, 7) is 3.05. The third-order valence-electron chi connectivity index (χ3n) is 2.83. The number of rotatable bonds is 5. The molecule has 6 heteroatoms. The lowest BCUT2D eigenvalue weighted by Crippen LogP contribution is -2.17. The van der Waals surface area contributed by atoms with E-state index in [1.807, 2.05) is 30.3 Å². The first-order valence-corrected chi connectivity index (χ1v) is 10.2. The molecule has 0 heterocycles. The largest absolute Gasteiger partial charge is 0.441 e. The van der Waals surface area contributed by atoms with Gasteiger partial charge in [-0.15, -0.1) is 0 Å². The topological polar surface area (TPSA) is 55.4 Å². The number of benzene rings is 2. The lowest BCUT2D eigenvalue weighted by molar-refractivity contribution is 0.0969. The number of halogens is 1. The van der Waals surface area contributed by atoms with E-state index in [-0.39, 0.29) is 5.91 Å². The van der Waals surface area contributed by atoms with Crippen LogP contribution in [0.4, 0.5) is 0 Å². The van der Waals surface area contributed by atoms with Crippen molar-refractivity contribution in [2.45, 2.75) is 0 Å². The molecule has 0 aliphatic rings. The molecule has 0 fully saturated rings. The molecule has 2 aromatic rings. The van der Waals surface area contributed by atoms with Gasteiger partial charge in [0.15, 0.2) is 5.76 Å². The van der Waals surface area contributed by atoms with E-state index in [9.17, 15) is 9.36 Å². The van der Waals surface area contributed by atoms with Crippen LogP contribution in [0.15, 0.2) is 65.3 Å². The second kappa shape index (κ2) is 7.62. The van der Waals surface area contributed by atoms with Gasteiger partial charge in [-0.2, -0.15) is 0 Å². The van der Waals surface area contributed by atoms with Gasteiger partial charge in [-0.25, -0.2) is 0 Å². The Bertz CT molecular complexity index is 768. The Kier molecular flexibility index (Phi) is 5.80. The SMILES string of the molecule is CP(C)(=O)OC(=CNC(=O)c1ccccc1)c1ccccc1Br. The number of carbonyl (C=O) groups is 1. The molecule has 2 aromatic carbocycles. The molecule has 23 heavy (non-hydrogen) atoms. The number of amides is 1. The van der Waals surface area contributed by atoms with Crippen molar-refractivity contribution in [2.75, 3.05) is 13.3 Å². The first-order chi connectivity index (χ1) is 10.9. The van der Waals surface area contributed by atoms with Gasteiger partial charge in [0.1, 0.15) is 0 Å². The molecule has 0 bridgehead atoms. The van der Waals surface area contributed by atoms with Crippen molar-refractivity contribution < 1.29 is 13.9 Å². The summed E-state index contributed by atoms with van der Waals surface area (Å²) in [5.41, 5.74) is 1.25. The summed E-state index contributed by atoms with van der Waals surface area (Å²) in [7, 11) is -2.78. The minimum Gasteiger partial charge on any atom is -0.441 e. The van der Waals surface area contributed by atoms with Crippen molar-refractivity contribution >= 4 is 35.0 Å². The Balaban J connectivity index is 2.29. The zero-order chi connectivity index (χ0) is 16.9. The van der Waals surface area contributed by atoms with Crippen LogP contribution in [0.3, 0.4) is 0 Å². The Morgan fingerprint density at radius 1 is 1.09 bits per heavy atom. The van der Waals surface area contributed by atoms with E-state index >= 15 is 0 Å². The van der Waals surface area contributed by atoms with E-state index in [1.54, 1.807) is 24.3 Å². The summed E-state index contributed by atoms with van der Waals surface area (Å²) in [5.74, 6) is 0.0795. The zero-order valence-electron chi connectivity index (χ0n) is 12.8. The Morgan fingerprint density at radius 3 is 2.30 bits per heavy atom. The second-order valence-electron chi connectivity index (χ2n) is 5.17. The molecule has 0 aromatic heterocycles. The van der Waals surface area contributed by atoms with Crippen molar-refractivity contribution in [3.05, 3.63) is 76.4 Å². The van der Waals surface area contributed by atoms with Crippen molar-refractivity contribution in [3.63, 3.8) is 0 Å². The van der Waals surface area contributed by atoms with Crippen LogP contribution in [0.1, 0.15) is 15.9 Å². The number of nitrogens with one attached hydrogen (secondary N) is 1. The van der Waals surface area contributed by atoms with Crippen LogP contribution in [0.5, 0.6) is 0 Å². The van der Waals surface area contributed by atoms with Crippen molar-refractivity contribution in [1.29, 1.82) is 0 Å². The summed E-state index contributed by atoms with van der Waals surface area (Å²) in [6.07, 6.45) is 1.44. The fourth-order valence-electron chi connectivity index (χ4n) is 1.86. The molecular formula is C17H17BrNO3P. The molecule has 0 radical (unpaired) electrons. The van der Waals surface area contributed by atoms with Gasteiger partial charge in [-0.3, -0.25) is 9.36 Å². The average Bonchev–Trinajstić information content (AvgIpc) is 2.51. The van der Waals surface area contributed by atoms with E-state index < -0.39 is 7.37 Å². The maximum Gasteiger partial charge on any atom is 0.255 e. The Hall–Kier alpha value is -1.84. The lowest BCUT2D eigenvalue weighted by Gasteiger charge is -2.15. The predicted molar refractivity (Wildman–Crippen MR) is 96.6 cm³/mol. The third kappa shape index (κ3) is 5.38. The van der Waals surface area contributed by atoms with Gasteiger partial charge < -0.3 is 9.84 Å². The van der Waals surface area contributed by atoms with Crippen molar-refractivity contribution in [2.24, 2.45) is 0 Å². The predicted octanol–water partition coefficient (Wildman–Crippen LogP) is 4.73. The molecule has 120 valence electrons. The molecule has 0 aliphatic carbocycles. The second-order valence-corrected chi connectivity index (χ2v) is 8.71. The fraction of sp³-hybridized carbons (Fsp3) is 0.118. The summed E-state index contributed by atoms with van der Waals surface area (Å²) in [5, 5.41) is 2.68.